The van der Waals surface area contributed by atoms with Gasteiger partial charge < -0.3 is 15.4 Å². The number of halogens is 2. The van der Waals surface area contributed by atoms with Gasteiger partial charge in [0.1, 0.15) is 11.6 Å². The van der Waals surface area contributed by atoms with Gasteiger partial charge in [-0.05, 0) is 56.7 Å². The first-order chi connectivity index (χ1) is 16.7. The third-order valence-electron chi connectivity index (χ3n) is 5.23. The van der Waals surface area contributed by atoms with Crippen molar-refractivity contribution in [1.82, 2.24) is 19.7 Å². The molecule has 0 fully saturated rings. The van der Waals surface area contributed by atoms with Crippen LogP contribution in [0.2, 0.25) is 5.02 Å². The first-order valence-electron chi connectivity index (χ1n) is 10.8. The Morgan fingerprint density at radius 1 is 1.14 bits per heavy atom. The van der Waals surface area contributed by atoms with Crippen LogP contribution in [0.4, 0.5) is 21.7 Å². The molecule has 35 heavy (non-hydrogen) atoms. The number of aryl methyl sites for hydroxylation is 1. The lowest BCUT2D eigenvalue weighted by atomic mass is 10.1. The van der Waals surface area contributed by atoms with Gasteiger partial charge in [-0.25, -0.2) is 14.4 Å². The van der Waals surface area contributed by atoms with Crippen molar-refractivity contribution in [3.63, 3.8) is 0 Å². The molecule has 4 rings (SSSR count). The lowest BCUT2D eigenvalue weighted by molar-refractivity contribution is 0.102. The van der Waals surface area contributed by atoms with Crippen LogP contribution in [0.5, 0.6) is 5.75 Å². The van der Waals surface area contributed by atoms with Crippen molar-refractivity contribution in [1.29, 1.82) is 0 Å². The number of rotatable bonds is 7. The van der Waals surface area contributed by atoms with Crippen molar-refractivity contribution in [2.45, 2.75) is 26.8 Å². The fourth-order valence-electron chi connectivity index (χ4n) is 3.36. The molecule has 0 spiro atoms. The van der Waals surface area contributed by atoms with Gasteiger partial charge in [0.15, 0.2) is 0 Å². The zero-order valence-corrected chi connectivity index (χ0v) is 20.4. The summed E-state index contributed by atoms with van der Waals surface area (Å²) in [6, 6.07) is 9.52. The maximum absolute atomic E-state index is 14.0. The van der Waals surface area contributed by atoms with Gasteiger partial charge in [0, 0.05) is 23.4 Å². The van der Waals surface area contributed by atoms with Crippen molar-refractivity contribution in [3.05, 3.63) is 77.0 Å². The van der Waals surface area contributed by atoms with E-state index in [0.29, 0.717) is 33.7 Å². The zero-order valence-electron chi connectivity index (χ0n) is 19.6. The van der Waals surface area contributed by atoms with E-state index in [1.807, 2.05) is 31.6 Å². The third kappa shape index (κ3) is 5.41. The van der Waals surface area contributed by atoms with E-state index < -0.39 is 11.7 Å². The molecule has 0 aliphatic rings. The number of aromatic nitrogens is 4. The summed E-state index contributed by atoms with van der Waals surface area (Å²) in [4.78, 5) is 21.5. The molecule has 0 aliphatic carbocycles. The summed E-state index contributed by atoms with van der Waals surface area (Å²) < 4.78 is 21.3. The fraction of sp³-hybridized carbons (Fsp3) is 0.200. The molecule has 0 unspecified atom stereocenters. The average molecular weight is 495 g/mol. The van der Waals surface area contributed by atoms with Gasteiger partial charge in [-0.15, -0.1) is 0 Å². The maximum Gasteiger partial charge on any atom is 0.255 e. The van der Waals surface area contributed by atoms with E-state index in [9.17, 15) is 9.18 Å². The highest BCUT2D eigenvalue weighted by atomic mass is 35.5. The van der Waals surface area contributed by atoms with Crippen LogP contribution in [0.15, 0.2) is 55.0 Å². The van der Waals surface area contributed by atoms with Crippen molar-refractivity contribution in [3.8, 4) is 17.0 Å². The Balaban J connectivity index is 1.57. The first kappa shape index (κ1) is 24.2. The van der Waals surface area contributed by atoms with Gasteiger partial charge in [-0.1, -0.05) is 17.7 Å². The van der Waals surface area contributed by atoms with Crippen molar-refractivity contribution < 1.29 is 13.9 Å². The van der Waals surface area contributed by atoms with Crippen molar-refractivity contribution in [2.75, 3.05) is 17.7 Å². The number of nitrogens with one attached hydrogen (secondary N) is 2. The summed E-state index contributed by atoms with van der Waals surface area (Å²) in [6.07, 6.45) is 5.07. The van der Waals surface area contributed by atoms with Gasteiger partial charge in [0.25, 0.3) is 5.91 Å². The quantitative estimate of drug-likeness (QED) is 0.326. The SMILES string of the molecule is COc1cc(C(=O)Nc2cc(C)ccc2F)ccc1Nc1ncc(Cl)c(-c2cnn(C(C)C)c2)n1. The molecule has 0 aliphatic heterocycles. The molecule has 2 aromatic carbocycles. The lowest BCUT2D eigenvalue weighted by Crippen LogP contribution is -2.13. The highest BCUT2D eigenvalue weighted by Crippen LogP contribution is 2.31. The van der Waals surface area contributed by atoms with Crippen molar-refractivity contribution >= 4 is 34.8 Å². The number of carbonyl (C=O) groups is 1. The average Bonchev–Trinajstić information content (AvgIpc) is 3.33. The van der Waals surface area contributed by atoms with Crippen LogP contribution in [0.25, 0.3) is 11.3 Å². The van der Waals surface area contributed by atoms with Crippen LogP contribution >= 0.6 is 11.6 Å². The summed E-state index contributed by atoms with van der Waals surface area (Å²) >= 11 is 6.34. The third-order valence-corrected chi connectivity index (χ3v) is 5.50. The van der Waals surface area contributed by atoms with Gasteiger partial charge in [-0.3, -0.25) is 9.48 Å². The van der Waals surface area contributed by atoms with E-state index in [0.717, 1.165) is 11.1 Å². The standard InChI is InChI=1S/C25H24ClFN6O2/c1-14(2)33-13-17(11-29-33)23-18(26)12-28-25(32-23)31-20-8-6-16(10-22(20)35-4)24(34)30-21-9-15(3)5-7-19(21)27/h5-14H,1-4H3,(H,30,34)(H,28,31,32). The van der Waals surface area contributed by atoms with E-state index in [-0.39, 0.29) is 11.7 Å². The summed E-state index contributed by atoms with van der Waals surface area (Å²) in [5.74, 6) is -0.301. The highest BCUT2D eigenvalue weighted by molar-refractivity contribution is 6.32. The van der Waals surface area contributed by atoms with Gasteiger partial charge in [0.05, 0.1) is 41.6 Å². The molecule has 180 valence electrons. The molecular weight excluding hydrogens is 471 g/mol. The molecule has 8 nitrogen and oxygen atoms in total. The van der Waals surface area contributed by atoms with Gasteiger partial charge >= 0.3 is 0 Å². The van der Waals surface area contributed by atoms with Crippen LogP contribution in [0, 0.1) is 12.7 Å². The summed E-state index contributed by atoms with van der Waals surface area (Å²) in [7, 11) is 1.48. The number of hydrogen-bond donors (Lipinski definition) is 2. The number of anilines is 3. The van der Waals surface area contributed by atoms with Crippen molar-refractivity contribution in [2.24, 2.45) is 0 Å². The predicted octanol–water partition coefficient (Wildman–Crippen LogP) is 6.03. The zero-order chi connectivity index (χ0) is 25.1. The minimum Gasteiger partial charge on any atom is -0.495 e. The molecule has 1 amide bonds. The molecule has 2 N–H and O–H groups in total. The molecular formula is C25H24ClFN6O2. The van der Waals surface area contributed by atoms with Gasteiger partial charge in [0.2, 0.25) is 5.95 Å². The number of amides is 1. The van der Waals surface area contributed by atoms with Crippen LogP contribution in [0.3, 0.4) is 0 Å². The molecule has 4 aromatic rings. The Hall–Kier alpha value is -3.98. The molecule has 0 saturated carbocycles. The smallest absolute Gasteiger partial charge is 0.255 e. The van der Waals surface area contributed by atoms with E-state index in [4.69, 9.17) is 16.3 Å². The molecule has 0 atom stereocenters. The van der Waals surface area contributed by atoms with E-state index in [1.165, 1.54) is 19.4 Å². The second kappa shape index (κ2) is 10.1. The topological polar surface area (TPSA) is 94.0 Å². The summed E-state index contributed by atoms with van der Waals surface area (Å²) in [6.45, 7) is 5.87. The largest absolute Gasteiger partial charge is 0.495 e. The minimum atomic E-state index is -0.510. The number of ether oxygens (including phenoxy) is 1. The fourth-order valence-corrected chi connectivity index (χ4v) is 3.56. The number of methoxy groups -OCH3 is 1. The Morgan fingerprint density at radius 3 is 2.66 bits per heavy atom. The molecule has 2 aromatic heterocycles. The van der Waals surface area contributed by atoms with Gasteiger partial charge in [-0.2, -0.15) is 5.10 Å². The molecule has 0 radical (unpaired) electrons. The number of benzene rings is 2. The Morgan fingerprint density at radius 2 is 1.94 bits per heavy atom. The molecule has 0 bridgehead atoms. The van der Waals surface area contributed by atoms with E-state index in [2.05, 4.69) is 25.7 Å². The van der Waals surface area contributed by atoms with E-state index >= 15 is 0 Å². The van der Waals surface area contributed by atoms with Crippen LogP contribution < -0.4 is 15.4 Å². The monoisotopic (exact) mass is 494 g/mol. The van der Waals surface area contributed by atoms with Crippen LogP contribution in [0.1, 0.15) is 35.8 Å². The van der Waals surface area contributed by atoms with E-state index in [1.54, 1.807) is 36.5 Å². The number of nitrogens with zero attached hydrogens (tertiary/aromatic N) is 4. The predicted molar refractivity (Wildman–Crippen MR) is 134 cm³/mol. The Labute approximate surface area is 207 Å². The molecule has 0 saturated heterocycles. The second-order valence-corrected chi connectivity index (χ2v) is 8.58. The van der Waals surface area contributed by atoms with Crippen LogP contribution in [-0.2, 0) is 0 Å². The Kier molecular flexibility index (Phi) is 6.97. The Bertz CT molecular complexity index is 1390. The first-order valence-corrected chi connectivity index (χ1v) is 11.2. The van der Waals surface area contributed by atoms with Crippen LogP contribution in [-0.4, -0.2) is 32.8 Å². The molecule has 10 heteroatoms. The number of hydrogen-bond acceptors (Lipinski definition) is 6. The number of carbonyl (C=O) groups excluding carboxylic acids is 1. The normalized spacial score (nSPS) is 10.9. The maximum atomic E-state index is 14.0. The summed E-state index contributed by atoms with van der Waals surface area (Å²) in [5.41, 5.74) is 3.07. The minimum absolute atomic E-state index is 0.110. The summed E-state index contributed by atoms with van der Waals surface area (Å²) in [5, 5.41) is 10.4. The second-order valence-electron chi connectivity index (χ2n) is 8.17. The lowest BCUT2D eigenvalue weighted by Gasteiger charge is -2.13. The molecule has 2 heterocycles. The highest BCUT2D eigenvalue weighted by Gasteiger charge is 2.15.